The number of fused-ring (bicyclic) bond motifs is 1. The zero-order valence-corrected chi connectivity index (χ0v) is 13.5. The van der Waals surface area contributed by atoms with Crippen molar-refractivity contribution in [2.75, 3.05) is 0 Å². The fourth-order valence-electron chi connectivity index (χ4n) is 2.59. The Balaban J connectivity index is 1.53. The summed E-state index contributed by atoms with van der Waals surface area (Å²) in [4.78, 5) is 9.00. The second-order valence-electron chi connectivity index (χ2n) is 5.66. The van der Waals surface area contributed by atoms with Crippen molar-refractivity contribution in [3.8, 4) is 17.1 Å². The Kier molecular flexibility index (Phi) is 3.49. The molecule has 6 nitrogen and oxygen atoms in total. The van der Waals surface area contributed by atoms with Crippen LogP contribution in [0.1, 0.15) is 11.5 Å². The monoisotopic (exact) mass is 319 g/mol. The highest BCUT2D eigenvalue weighted by Crippen LogP contribution is 2.18. The van der Waals surface area contributed by atoms with Crippen LogP contribution in [0.4, 0.5) is 0 Å². The van der Waals surface area contributed by atoms with E-state index in [0.717, 1.165) is 28.4 Å². The molecule has 24 heavy (non-hydrogen) atoms. The third kappa shape index (κ3) is 2.74. The van der Waals surface area contributed by atoms with E-state index < -0.39 is 0 Å². The molecule has 0 amide bonds. The maximum absolute atomic E-state index is 5.80. The molecular weight excluding hydrogens is 302 g/mol. The van der Waals surface area contributed by atoms with E-state index in [-0.39, 0.29) is 0 Å². The van der Waals surface area contributed by atoms with Crippen LogP contribution < -0.4 is 4.74 Å². The summed E-state index contributed by atoms with van der Waals surface area (Å²) in [6.45, 7) is 2.30. The first-order chi connectivity index (χ1) is 11.7. The Labute approximate surface area is 139 Å². The fraction of sp³-hybridized carbons (Fsp3) is 0.167. The molecule has 4 aromatic rings. The minimum atomic E-state index is 0.357. The summed E-state index contributed by atoms with van der Waals surface area (Å²) in [5, 5.41) is 4.40. The van der Waals surface area contributed by atoms with Crippen LogP contribution in [-0.2, 0) is 13.7 Å². The molecule has 3 aromatic heterocycles. The van der Waals surface area contributed by atoms with Crippen molar-refractivity contribution in [2.45, 2.75) is 13.5 Å². The lowest BCUT2D eigenvalue weighted by atomic mass is 10.2. The van der Waals surface area contributed by atoms with E-state index in [4.69, 9.17) is 4.74 Å². The van der Waals surface area contributed by atoms with Gasteiger partial charge in [0.05, 0.1) is 17.6 Å². The van der Waals surface area contributed by atoms with E-state index in [1.54, 1.807) is 4.52 Å². The SMILES string of the molecule is Cc1cn2nc(OCc3nc(-c4ccccc4)cn3C)ccc2n1. The van der Waals surface area contributed by atoms with Crippen LogP contribution in [0, 0.1) is 6.92 Å². The quantitative estimate of drug-likeness (QED) is 0.580. The Morgan fingerprint density at radius 3 is 2.67 bits per heavy atom. The molecule has 0 N–H and O–H groups in total. The number of benzene rings is 1. The molecule has 0 aliphatic rings. The van der Waals surface area contributed by atoms with Gasteiger partial charge in [-0.2, -0.15) is 0 Å². The molecule has 120 valence electrons. The van der Waals surface area contributed by atoms with Gasteiger partial charge in [-0.1, -0.05) is 30.3 Å². The van der Waals surface area contributed by atoms with E-state index in [9.17, 15) is 0 Å². The minimum absolute atomic E-state index is 0.357. The third-order valence-corrected chi connectivity index (χ3v) is 3.81. The summed E-state index contributed by atoms with van der Waals surface area (Å²) >= 11 is 0. The van der Waals surface area contributed by atoms with Gasteiger partial charge in [-0.05, 0) is 13.0 Å². The van der Waals surface area contributed by atoms with Gasteiger partial charge in [-0.25, -0.2) is 14.5 Å². The molecule has 4 rings (SSSR count). The van der Waals surface area contributed by atoms with Crippen LogP contribution in [0.2, 0.25) is 0 Å². The largest absolute Gasteiger partial charge is 0.468 e. The van der Waals surface area contributed by atoms with Crippen molar-refractivity contribution < 1.29 is 4.74 Å². The molecule has 0 fully saturated rings. The Morgan fingerprint density at radius 1 is 1.00 bits per heavy atom. The molecule has 6 heteroatoms. The summed E-state index contributed by atoms with van der Waals surface area (Å²) in [5.41, 5.74) is 3.76. The number of ether oxygens (including phenoxy) is 1. The number of hydrogen-bond acceptors (Lipinski definition) is 4. The molecule has 0 unspecified atom stereocenters. The topological polar surface area (TPSA) is 57.2 Å². The maximum Gasteiger partial charge on any atom is 0.232 e. The van der Waals surface area contributed by atoms with Crippen molar-refractivity contribution >= 4 is 5.65 Å². The van der Waals surface area contributed by atoms with E-state index in [0.29, 0.717) is 12.5 Å². The second kappa shape index (κ2) is 5.81. The smallest absolute Gasteiger partial charge is 0.232 e. The van der Waals surface area contributed by atoms with Crippen molar-refractivity contribution in [1.82, 2.24) is 24.1 Å². The maximum atomic E-state index is 5.80. The lowest BCUT2D eigenvalue weighted by molar-refractivity contribution is 0.276. The highest BCUT2D eigenvalue weighted by atomic mass is 16.5. The summed E-state index contributed by atoms with van der Waals surface area (Å²) in [5.74, 6) is 1.39. The summed E-state index contributed by atoms with van der Waals surface area (Å²) < 4.78 is 9.49. The number of hydrogen-bond donors (Lipinski definition) is 0. The van der Waals surface area contributed by atoms with Gasteiger partial charge in [-0.15, -0.1) is 5.10 Å². The summed E-state index contributed by atoms with van der Waals surface area (Å²) in [6.07, 6.45) is 3.88. The molecule has 0 atom stereocenters. The van der Waals surface area contributed by atoms with Crippen LogP contribution in [0.3, 0.4) is 0 Å². The summed E-state index contributed by atoms with van der Waals surface area (Å²) in [7, 11) is 1.97. The molecule has 3 heterocycles. The van der Waals surface area contributed by atoms with Crippen LogP contribution in [0.15, 0.2) is 54.9 Å². The van der Waals surface area contributed by atoms with E-state index >= 15 is 0 Å². The van der Waals surface area contributed by atoms with E-state index in [2.05, 4.69) is 15.1 Å². The standard InChI is InChI=1S/C18H17N5O/c1-13-10-23-16(19-13)8-9-18(21-23)24-12-17-20-15(11-22(17)2)14-6-4-3-5-7-14/h3-11H,12H2,1-2H3. The highest BCUT2D eigenvalue weighted by molar-refractivity contribution is 5.58. The van der Waals surface area contributed by atoms with Gasteiger partial charge in [0.15, 0.2) is 5.65 Å². The van der Waals surface area contributed by atoms with E-state index in [1.165, 1.54) is 0 Å². The molecule has 0 radical (unpaired) electrons. The molecule has 0 bridgehead atoms. The van der Waals surface area contributed by atoms with Gasteiger partial charge in [0, 0.05) is 24.9 Å². The molecule has 0 saturated heterocycles. The van der Waals surface area contributed by atoms with Crippen molar-refractivity contribution in [1.29, 1.82) is 0 Å². The predicted molar refractivity (Wildman–Crippen MR) is 90.7 cm³/mol. The molecule has 1 aromatic carbocycles. The lowest BCUT2D eigenvalue weighted by Crippen LogP contribution is -2.05. The predicted octanol–water partition coefficient (Wildman–Crippen LogP) is 3.02. The molecular formula is C18H17N5O. The van der Waals surface area contributed by atoms with Crippen molar-refractivity contribution in [2.24, 2.45) is 7.05 Å². The Bertz CT molecular complexity index is 987. The average molecular weight is 319 g/mol. The average Bonchev–Trinajstić information content (AvgIpc) is 3.15. The molecule has 0 aliphatic carbocycles. The zero-order valence-electron chi connectivity index (χ0n) is 13.5. The lowest BCUT2D eigenvalue weighted by Gasteiger charge is -2.05. The second-order valence-corrected chi connectivity index (χ2v) is 5.66. The number of nitrogens with zero attached hydrogens (tertiary/aromatic N) is 5. The minimum Gasteiger partial charge on any atom is -0.468 e. The van der Waals surface area contributed by atoms with Gasteiger partial charge in [0.25, 0.3) is 0 Å². The van der Waals surface area contributed by atoms with Crippen LogP contribution in [0.25, 0.3) is 16.9 Å². The molecule has 0 aliphatic heterocycles. The molecule has 0 spiro atoms. The first kappa shape index (κ1) is 14.4. The number of rotatable bonds is 4. The first-order valence-corrected chi connectivity index (χ1v) is 7.72. The number of aromatic nitrogens is 5. The Hall–Kier alpha value is -3.15. The third-order valence-electron chi connectivity index (χ3n) is 3.81. The fourth-order valence-corrected chi connectivity index (χ4v) is 2.59. The van der Waals surface area contributed by atoms with Gasteiger partial charge in [-0.3, -0.25) is 0 Å². The van der Waals surface area contributed by atoms with Gasteiger partial charge in [0.2, 0.25) is 5.88 Å². The number of imidazole rings is 2. The van der Waals surface area contributed by atoms with Gasteiger partial charge in [0.1, 0.15) is 12.4 Å². The summed E-state index contributed by atoms with van der Waals surface area (Å²) in [6, 6.07) is 13.8. The van der Waals surface area contributed by atoms with Crippen molar-refractivity contribution in [3.63, 3.8) is 0 Å². The normalized spacial score (nSPS) is 11.1. The van der Waals surface area contributed by atoms with Gasteiger partial charge < -0.3 is 9.30 Å². The number of aryl methyl sites for hydroxylation is 2. The highest BCUT2D eigenvalue weighted by Gasteiger charge is 2.09. The van der Waals surface area contributed by atoms with Crippen LogP contribution in [0.5, 0.6) is 5.88 Å². The zero-order chi connectivity index (χ0) is 16.5. The van der Waals surface area contributed by atoms with Crippen LogP contribution in [-0.4, -0.2) is 24.1 Å². The Morgan fingerprint density at radius 2 is 1.83 bits per heavy atom. The van der Waals surface area contributed by atoms with Crippen molar-refractivity contribution in [3.05, 3.63) is 66.4 Å². The van der Waals surface area contributed by atoms with E-state index in [1.807, 2.05) is 73.4 Å². The van der Waals surface area contributed by atoms with Gasteiger partial charge >= 0.3 is 0 Å². The van der Waals surface area contributed by atoms with Crippen LogP contribution >= 0.6 is 0 Å². The first-order valence-electron chi connectivity index (χ1n) is 7.72. The molecule has 0 saturated carbocycles.